The molecular formula is C13H7Br2FO2. The summed E-state index contributed by atoms with van der Waals surface area (Å²) >= 11 is 6.55. The predicted molar refractivity (Wildman–Crippen MR) is 73.2 cm³/mol. The minimum absolute atomic E-state index is 0.0904. The Kier molecular flexibility index (Phi) is 4.14. The maximum absolute atomic E-state index is 13.4. The van der Waals surface area contributed by atoms with Crippen molar-refractivity contribution in [1.29, 1.82) is 0 Å². The van der Waals surface area contributed by atoms with Crippen LogP contribution in [-0.4, -0.2) is 5.97 Å². The summed E-state index contributed by atoms with van der Waals surface area (Å²) < 4.78 is 20.0. The first-order valence-corrected chi connectivity index (χ1v) is 6.58. The maximum atomic E-state index is 13.4. The van der Waals surface area contributed by atoms with E-state index in [0.717, 1.165) is 4.47 Å². The van der Waals surface area contributed by atoms with Gasteiger partial charge in [-0.25, -0.2) is 9.18 Å². The lowest BCUT2D eigenvalue weighted by atomic mass is 10.2. The zero-order chi connectivity index (χ0) is 13.1. The van der Waals surface area contributed by atoms with Crippen LogP contribution in [0.1, 0.15) is 10.4 Å². The number of hydrogen-bond acceptors (Lipinski definition) is 2. The topological polar surface area (TPSA) is 26.3 Å². The van der Waals surface area contributed by atoms with Gasteiger partial charge in [0.15, 0.2) is 0 Å². The summed E-state index contributed by atoms with van der Waals surface area (Å²) in [5, 5.41) is 0. The van der Waals surface area contributed by atoms with Crippen LogP contribution in [0.15, 0.2) is 51.4 Å². The van der Waals surface area contributed by atoms with Crippen molar-refractivity contribution in [2.45, 2.75) is 0 Å². The second-order valence-electron chi connectivity index (χ2n) is 3.44. The molecule has 0 aliphatic rings. The van der Waals surface area contributed by atoms with Crippen molar-refractivity contribution in [3.05, 3.63) is 62.8 Å². The molecule has 0 unspecified atom stereocenters. The van der Waals surface area contributed by atoms with Crippen LogP contribution in [0.5, 0.6) is 5.75 Å². The maximum Gasteiger partial charge on any atom is 0.346 e. The second-order valence-corrected chi connectivity index (χ2v) is 5.21. The van der Waals surface area contributed by atoms with Crippen LogP contribution >= 0.6 is 31.9 Å². The average molecular weight is 374 g/mol. The Hall–Kier alpha value is -1.20. The molecule has 0 spiro atoms. The first-order valence-electron chi connectivity index (χ1n) is 4.99. The molecule has 0 atom stereocenters. The molecule has 0 aliphatic heterocycles. The van der Waals surface area contributed by atoms with Crippen molar-refractivity contribution < 1.29 is 13.9 Å². The number of halogens is 3. The molecular weight excluding hydrogens is 367 g/mol. The highest BCUT2D eigenvalue weighted by Crippen LogP contribution is 2.29. The van der Waals surface area contributed by atoms with E-state index < -0.39 is 11.8 Å². The molecule has 18 heavy (non-hydrogen) atoms. The van der Waals surface area contributed by atoms with Crippen molar-refractivity contribution in [3.8, 4) is 5.75 Å². The fourth-order valence-electron chi connectivity index (χ4n) is 1.34. The minimum atomic E-state index is -0.726. The standard InChI is InChI=1S/C13H7Br2FO2/c14-8-5-6-12(10(15)7-8)18-13(17)9-3-1-2-4-11(9)16/h1-7H. The first-order chi connectivity index (χ1) is 8.58. The molecule has 2 aromatic carbocycles. The van der Waals surface area contributed by atoms with Gasteiger partial charge in [-0.05, 0) is 46.3 Å². The van der Waals surface area contributed by atoms with Crippen LogP contribution in [0.25, 0.3) is 0 Å². The number of esters is 1. The van der Waals surface area contributed by atoms with Crippen molar-refractivity contribution in [3.63, 3.8) is 0 Å². The lowest BCUT2D eigenvalue weighted by Gasteiger charge is -2.07. The molecule has 0 aliphatic carbocycles. The highest BCUT2D eigenvalue weighted by atomic mass is 79.9. The SMILES string of the molecule is O=C(Oc1ccc(Br)cc1Br)c1ccccc1F. The highest BCUT2D eigenvalue weighted by Gasteiger charge is 2.14. The third kappa shape index (κ3) is 2.97. The molecule has 2 aromatic rings. The van der Waals surface area contributed by atoms with Gasteiger partial charge in [0.05, 0.1) is 10.0 Å². The van der Waals surface area contributed by atoms with Crippen LogP contribution in [0.2, 0.25) is 0 Å². The van der Waals surface area contributed by atoms with Crippen molar-refractivity contribution >= 4 is 37.8 Å². The highest BCUT2D eigenvalue weighted by molar-refractivity contribution is 9.11. The summed E-state index contributed by atoms with van der Waals surface area (Å²) in [6, 6.07) is 10.8. The summed E-state index contributed by atoms with van der Waals surface area (Å²) in [5.41, 5.74) is -0.0904. The van der Waals surface area contributed by atoms with E-state index in [1.807, 2.05) is 0 Å². The monoisotopic (exact) mass is 372 g/mol. The zero-order valence-electron chi connectivity index (χ0n) is 8.99. The molecule has 2 rings (SSSR count). The zero-order valence-corrected chi connectivity index (χ0v) is 12.2. The molecule has 92 valence electrons. The Morgan fingerprint density at radius 1 is 1.11 bits per heavy atom. The fourth-order valence-corrected chi connectivity index (χ4v) is 2.47. The average Bonchev–Trinajstić information content (AvgIpc) is 2.33. The van der Waals surface area contributed by atoms with E-state index in [2.05, 4.69) is 31.9 Å². The van der Waals surface area contributed by atoms with E-state index in [0.29, 0.717) is 10.2 Å². The van der Waals surface area contributed by atoms with Gasteiger partial charge in [0.25, 0.3) is 0 Å². The summed E-state index contributed by atoms with van der Waals surface area (Å²) in [5.74, 6) is -0.988. The van der Waals surface area contributed by atoms with Crippen LogP contribution in [0, 0.1) is 5.82 Å². The number of benzene rings is 2. The van der Waals surface area contributed by atoms with Crippen molar-refractivity contribution in [2.24, 2.45) is 0 Å². The normalized spacial score (nSPS) is 10.2. The first kappa shape index (κ1) is 13.2. The largest absolute Gasteiger partial charge is 0.422 e. The summed E-state index contributed by atoms with van der Waals surface area (Å²) in [4.78, 5) is 11.8. The summed E-state index contributed by atoms with van der Waals surface area (Å²) in [7, 11) is 0. The van der Waals surface area contributed by atoms with E-state index in [4.69, 9.17) is 4.74 Å². The summed E-state index contributed by atoms with van der Waals surface area (Å²) in [6.07, 6.45) is 0. The number of ether oxygens (including phenoxy) is 1. The molecule has 0 saturated heterocycles. The molecule has 0 saturated carbocycles. The summed E-state index contributed by atoms with van der Waals surface area (Å²) in [6.45, 7) is 0. The lowest BCUT2D eigenvalue weighted by molar-refractivity contribution is 0.0728. The van der Waals surface area contributed by atoms with Crippen LogP contribution in [-0.2, 0) is 0 Å². The Morgan fingerprint density at radius 3 is 2.50 bits per heavy atom. The van der Waals surface area contributed by atoms with Gasteiger partial charge in [-0.3, -0.25) is 0 Å². The Balaban J connectivity index is 2.24. The van der Waals surface area contributed by atoms with Gasteiger partial charge >= 0.3 is 5.97 Å². The molecule has 2 nitrogen and oxygen atoms in total. The van der Waals surface area contributed by atoms with Gasteiger partial charge in [0, 0.05) is 4.47 Å². The van der Waals surface area contributed by atoms with Crippen LogP contribution in [0.4, 0.5) is 4.39 Å². The van der Waals surface area contributed by atoms with Crippen LogP contribution in [0.3, 0.4) is 0 Å². The molecule has 0 radical (unpaired) electrons. The number of hydrogen-bond donors (Lipinski definition) is 0. The molecule has 5 heteroatoms. The van der Waals surface area contributed by atoms with E-state index in [9.17, 15) is 9.18 Å². The Morgan fingerprint density at radius 2 is 1.83 bits per heavy atom. The van der Waals surface area contributed by atoms with Gasteiger partial charge in [-0.2, -0.15) is 0 Å². The lowest BCUT2D eigenvalue weighted by Crippen LogP contribution is -2.10. The minimum Gasteiger partial charge on any atom is -0.422 e. The quantitative estimate of drug-likeness (QED) is 0.569. The predicted octanol–water partition coefficient (Wildman–Crippen LogP) is 4.57. The molecule has 0 aromatic heterocycles. The third-order valence-electron chi connectivity index (χ3n) is 2.19. The van der Waals surface area contributed by atoms with E-state index in [1.54, 1.807) is 24.3 Å². The van der Waals surface area contributed by atoms with Gasteiger partial charge in [-0.1, -0.05) is 28.1 Å². The van der Waals surface area contributed by atoms with Crippen LogP contribution < -0.4 is 4.74 Å². The molecule has 0 fully saturated rings. The fraction of sp³-hybridized carbons (Fsp3) is 0. The molecule has 0 bridgehead atoms. The van der Waals surface area contributed by atoms with Crippen molar-refractivity contribution in [1.82, 2.24) is 0 Å². The second kappa shape index (κ2) is 5.63. The van der Waals surface area contributed by atoms with Crippen molar-refractivity contribution in [2.75, 3.05) is 0 Å². The number of rotatable bonds is 2. The molecule has 0 heterocycles. The van der Waals surface area contributed by atoms with Gasteiger partial charge < -0.3 is 4.74 Å². The number of carbonyl (C=O) groups excluding carboxylic acids is 1. The van der Waals surface area contributed by atoms with Gasteiger partial charge in [-0.15, -0.1) is 0 Å². The van der Waals surface area contributed by atoms with E-state index in [1.165, 1.54) is 18.2 Å². The molecule has 0 amide bonds. The molecule has 0 N–H and O–H groups in total. The number of carbonyl (C=O) groups is 1. The Labute approximate surface area is 120 Å². The van der Waals surface area contributed by atoms with Gasteiger partial charge in [0.2, 0.25) is 0 Å². The third-order valence-corrected chi connectivity index (χ3v) is 3.30. The smallest absolute Gasteiger partial charge is 0.346 e. The van der Waals surface area contributed by atoms with Gasteiger partial charge in [0.1, 0.15) is 11.6 Å². The Bertz CT molecular complexity index is 599. The van der Waals surface area contributed by atoms with E-state index >= 15 is 0 Å². The van der Waals surface area contributed by atoms with E-state index in [-0.39, 0.29) is 5.56 Å².